The predicted octanol–water partition coefficient (Wildman–Crippen LogP) is -0.928. The Morgan fingerprint density at radius 2 is 1.78 bits per heavy atom. The molecule has 1 aromatic heterocycles. The molecule has 126 valence electrons. The van der Waals surface area contributed by atoms with Gasteiger partial charge in [0.1, 0.15) is 13.2 Å². The summed E-state index contributed by atoms with van der Waals surface area (Å²) in [5.74, 6) is 1.18. The number of ether oxygens (including phenoxy) is 1. The first kappa shape index (κ1) is 16.7. The number of hydrogen-bond acceptors (Lipinski definition) is 8. The largest absolute Gasteiger partial charge is 0.448 e. The molecule has 2 rings (SSSR count). The Hall–Kier alpha value is -2.65. The average Bonchev–Trinajstić information content (AvgIpc) is 2.90. The van der Waals surface area contributed by atoms with Gasteiger partial charge >= 0.3 is 6.09 Å². The standard InChI is InChI=1S/C13H21N7O3/c1-18(2)11-15-9(16-12(17-11)19(3)4)7-14-10(21)8-20-5-6-23-13(20)22/h5-8H2,1-4H3,(H,14,21). The van der Waals surface area contributed by atoms with Crippen molar-refractivity contribution < 1.29 is 14.3 Å². The number of amides is 2. The van der Waals surface area contributed by atoms with Gasteiger partial charge in [-0.15, -0.1) is 0 Å². The van der Waals surface area contributed by atoms with Crippen LogP contribution in [0.25, 0.3) is 0 Å². The number of anilines is 2. The summed E-state index contributed by atoms with van der Waals surface area (Å²) in [6.45, 7) is 0.864. The van der Waals surface area contributed by atoms with Crippen LogP contribution < -0.4 is 15.1 Å². The van der Waals surface area contributed by atoms with Gasteiger partial charge in [-0.25, -0.2) is 4.79 Å². The summed E-state index contributed by atoms with van der Waals surface area (Å²) in [5.41, 5.74) is 0. The van der Waals surface area contributed by atoms with Crippen molar-refractivity contribution in [2.75, 3.05) is 57.7 Å². The van der Waals surface area contributed by atoms with Crippen LogP contribution in [-0.4, -0.2) is 79.7 Å². The monoisotopic (exact) mass is 323 g/mol. The van der Waals surface area contributed by atoms with Gasteiger partial charge in [-0.2, -0.15) is 15.0 Å². The highest BCUT2D eigenvalue weighted by molar-refractivity contribution is 5.82. The molecule has 0 bridgehead atoms. The number of carbonyl (C=O) groups excluding carboxylic acids is 2. The minimum atomic E-state index is -0.468. The van der Waals surface area contributed by atoms with Gasteiger partial charge in [0.2, 0.25) is 17.8 Å². The zero-order valence-electron chi connectivity index (χ0n) is 13.7. The minimum Gasteiger partial charge on any atom is -0.448 e. The fourth-order valence-corrected chi connectivity index (χ4v) is 1.85. The molecule has 2 heterocycles. The third kappa shape index (κ3) is 4.41. The van der Waals surface area contributed by atoms with E-state index in [0.29, 0.717) is 30.9 Å². The molecule has 0 saturated carbocycles. The summed E-state index contributed by atoms with van der Waals surface area (Å²) in [4.78, 5) is 41.0. The van der Waals surface area contributed by atoms with Gasteiger partial charge in [0.15, 0.2) is 5.82 Å². The van der Waals surface area contributed by atoms with Gasteiger partial charge in [-0.05, 0) is 0 Å². The molecule has 1 aliphatic heterocycles. The number of carbonyl (C=O) groups is 2. The minimum absolute atomic E-state index is 0.0367. The second-order valence-corrected chi connectivity index (χ2v) is 5.45. The Kier molecular flexibility index (Phi) is 5.14. The van der Waals surface area contributed by atoms with E-state index in [-0.39, 0.29) is 19.0 Å². The van der Waals surface area contributed by atoms with Crippen molar-refractivity contribution in [2.45, 2.75) is 6.54 Å². The van der Waals surface area contributed by atoms with E-state index in [9.17, 15) is 9.59 Å². The molecule has 0 spiro atoms. The lowest BCUT2D eigenvalue weighted by Crippen LogP contribution is -2.37. The third-order valence-corrected chi connectivity index (χ3v) is 3.08. The van der Waals surface area contributed by atoms with E-state index in [0.717, 1.165) is 0 Å². The van der Waals surface area contributed by atoms with Crippen LogP contribution in [0.2, 0.25) is 0 Å². The molecule has 0 radical (unpaired) electrons. The van der Waals surface area contributed by atoms with E-state index in [4.69, 9.17) is 4.74 Å². The second-order valence-electron chi connectivity index (χ2n) is 5.45. The molecule has 0 atom stereocenters. The van der Waals surface area contributed by atoms with Crippen LogP contribution >= 0.6 is 0 Å². The first-order valence-electron chi connectivity index (χ1n) is 7.15. The van der Waals surface area contributed by atoms with Gasteiger partial charge in [0.05, 0.1) is 13.1 Å². The molecule has 1 saturated heterocycles. The van der Waals surface area contributed by atoms with Crippen LogP contribution in [0.1, 0.15) is 5.82 Å². The Morgan fingerprint density at radius 3 is 2.26 bits per heavy atom. The second kappa shape index (κ2) is 7.07. The van der Waals surface area contributed by atoms with Crippen LogP contribution in [-0.2, 0) is 16.1 Å². The number of cyclic esters (lactones) is 1. The smallest absolute Gasteiger partial charge is 0.410 e. The number of hydrogen-bond donors (Lipinski definition) is 1. The lowest BCUT2D eigenvalue weighted by Gasteiger charge is -2.16. The van der Waals surface area contributed by atoms with E-state index in [2.05, 4.69) is 20.3 Å². The summed E-state index contributed by atoms with van der Waals surface area (Å²) >= 11 is 0. The van der Waals surface area contributed by atoms with Crippen molar-refractivity contribution in [1.29, 1.82) is 0 Å². The molecule has 1 N–H and O–H groups in total. The third-order valence-electron chi connectivity index (χ3n) is 3.08. The van der Waals surface area contributed by atoms with Crippen molar-refractivity contribution in [1.82, 2.24) is 25.2 Å². The Balaban J connectivity index is 1.98. The highest BCUT2D eigenvalue weighted by atomic mass is 16.6. The van der Waals surface area contributed by atoms with E-state index >= 15 is 0 Å². The predicted molar refractivity (Wildman–Crippen MR) is 83.2 cm³/mol. The number of rotatable bonds is 6. The van der Waals surface area contributed by atoms with Crippen LogP contribution in [0, 0.1) is 0 Å². The van der Waals surface area contributed by atoms with Gasteiger partial charge in [0, 0.05) is 28.2 Å². The van der Waals surface area contributed by atoms with E-state index in [1.807, 2.05) is 28.2 Å². The van der Waals surface area contributed by atoms with Gasteiger partial charge in [-0.3, -0.25) is 9.69 Å². The summed E-state index contributed by atoms with van der Waals surface area (Å²) in [6, 6.07) is 0. The topological polar surface area (TPSA) is 104 Å². The van der Waals surface area contributed by atoms with E-state index in [1.165, 1.54) is 4.90 Å². The molecule has 10 nitrogen and oxygen atoms in total. The van der Waals surface area contributed by atoms with Crippen LogP contribution in [0.15, 0.2) is 0 Å². The summed E-state index contributed by atoms with van der Waals surface area (Å²) < 4.78 is 4.78. The number of nitrogens with one attached hydrogen (secondary N) is 1. The lowest BCUT2D eigenvalue weighted by molar-refractivity contribution is -0.121. The Morgan fingerprint density at radius 1 is 1.17 bits per heavy atom. The molecule has 1 fully saturated rings. The maximum atomic E-state index is 11.9. The van der Waals surface area contributed by atoms with E-state index < -0.39 is 6.09 Å². The lowest BCUT2D eigenvalue weighted by atomic mass is 10.4. The quantitative estimate of drug-likeness (QED) is 0.716. The molecule has 10 heteroatoms. The molecule has 1 aromatic rings. The zero-order valence-corrected chi connectivity index (χ0v) is 13.7. The first-order valence-corrected chi connectivity index (χ1v) is 7.15. The SMILES string of the molecule is CN(C)c1nc(CNC(=O)CN2CCOC2=O)nc(N(C)C)n1. The van der Waals surface area contributed by atoms with Crippen molar-refractivity contribution in [2.24, 2.45) is 0 Å². The summed E-state index contributed by atoms with van der Waals surface area (Å²) in [5, 5.41) is 2.70. The number of nitrogens with zero attached hydrogens (tertiary/aromatic N) is 6. The molecular formula is C13H21N7O3. The summed E-state index contributed by atoms with van der Waals surface area (Å²) in [7, 11) is 7.32. The molecule has 2 amide bonds. The fraction of sp³-hybridized carbons (Fsp3) is 0.615. The molecule has 23 heavy (non-hydrogen) atoms. The molecule has 0 unspecified atom stereocenters. The van der Waals surface area contributed by atoms with Gasteiger partial charge in [0.25, 0.3) is 0 Å². The number of aromatic nitrogens is 3. The molecule has 1 aliphatic rings. The van der Waals surface area contributed by atoms with Crippen LogP contribution in [0.3, 0.4) is 0 Å². The van der Waals surface area contributed by atoms with Crippen molar-refractivity contribution >= 4 is 23.9 Å². The normalized spacial score (nSPS) is 13.7. The maximum absolute atomic E-state index is 11.9. The van der Waals surface area contributed by atoms with Crippen LogP contribution in [0.5, 0.6) is 0 Å². The van der Waals surface area contributed by atoms with Crippen molar-refractivity contribution in [3.8, 4) is 0 Å². The van der Waals surface area contributed by atoms with Crippen molar-refractivity contribution in [3.05, 3.63) is 5.82 Å². The summed E-state index contributed by atoms with van der Waals surface area (Å²) in [6.07, 6.45) is -0.468. The maximum Gasteiger partial charge on any atom is 0.410 e. The first-order chi connectivity index (χ1) is 10.9. The highest BCUT2D eigenvalue weighted by Gasteiger charge is 2.24. The van der Waals surface area contributed by atoms with Crippen LogP contribution in [0.4, 0.5) is 16.7 Å². The van der Waals surface area contributed by atoms with Gasteiger partial charge < -0.3 is 19.9 Å². The highest BCUT2D eigenvalue weighted by Crippen LogP contribution is 2.10. The fourth-order valence-electron chi connectivity index (χ4n) is 1.85. The van der Waals surface area contributed by atoms with Crippen molar-refractivity contribution in [3.63, 3.8) is 0 Å². The van der Waals surface area contributed by atoms with E-state index in [1.54, 1.807) is 9.80 Å². The Labute approximate surface area is 134 Å². The molecule has 0 aliphatic carbocycles. The zero-order chi connectivity index (χ0) is 17.0. The molecular weight excluding hydrogens is 302 g/mol. The molecule has 0 aromatic carbocycles. The Bertz CT molecular complexity index is 565. The van der Waals surface area contributed by atoms with Gasteiger partial charge in [-0.1, -0.05) is 0 Å². The average molecular weight is 323 g/mol.